The predicted molar refractivity (Wildman–Crippen MR) is 82.3 cm³/mol. The molecule has 0 aliphatic carbocycles. The smallest absolute Gasteiger partial charge is 0.178 e. The maximum Gasteiger partial charge on any atom is 0.178 e. The van der Waals surface area contributed by atoms with Gasteiger partial charge in [0.2, 0.25) is 0 Å². The van der Waals surface area contributed by atoms with Gasteiger partial charge in [0.15, 0.2) is 5.78 Å². The number of hydrogen-bond donors (Lipinski definition) is 1. The second-order valence-corrected chi connectivity index (χ2v) is 6.36. The molecule has 20 heavy (non-hydrogen) atoms. The minimum atomic E-state index is 0.224. The Labute approximate surface area is 122 Å². The standard InChI is InChI=1S/C16H27N3O/c1-12-9-15(13(2)17-12)16(20)11-19(4)10-14-5-7-18(3)8-6-14/h9,14,17H,5-8,10-11H2,1-4H3. The molecule has 0 bridgehead atoms. The van der Waals surface area contributed by atoms with Crippen molar-refractivity contribution in [3.8, 4) is 0 Å². The first-order valence-electron chi connectivity index (χ1n) is 7.52. The summed E-state index contributed by atoms with van der Waals surface area (Å²) in [6.07, 6.45) is 2.49. The van der Waals surface area contributed by atoms with E-state index in [1.807, 2.05) is 19.9 Å². The van der Waals surface area contributed by atoms with Gasteiger partial charge in [-0.2, -0.15) is 0 Å². The first-order chi connectivity index (χ1) is 9.45. The van der Waals surface area contributed by atoms with Crippen molar-refractivity contribution < 1.29 is 4.79 Å². The summed E-state index contributed by atoms with van der Waals surface area (Å²) in [5.74, 6) is 0.959. The molecule has 1 aliphatic heterocycles. The summed E-state index contributed by atoms with van der Waals surface area (Å²) in [6.45, 7) is 7.88. The normalized spacial score (nSPS) is 17.9. The van der Waals surface area contributed by atoms with E-state index in [1.165, 1.54) is 25.9 Å². The number of nitrogens with one attached hydrogen (secondary N) is 1. The molecule has 1 N–H and O–H groups in total. The number of likely N-dealkylation sites (N-methyl/N-ethyl adjacent to an activating group) is 1. The third kappa shape index (κ3) is 3.93. The van der Waals surface area contributed by atoms with Crippen LogP contribution in [-0.4, -0.2) is 60.8 Å². The van der Waals surface area contributed by atoms with Crippen LogP contribution in [0.3, 0.4) is 0 Å². The maximum atomic E-state index is 12.3. The number of likely N-dealkylation sites (tertiary alicyclic amines) is 1. The molecule has 0 unspecified atom stereocenters. The van der Waals surface area contributed by atoms with E-state index in [4.69, 9.17) is 0 Å². The van der Waals surface area contributed by atoms with Crippen LogP contribution in [0.5, 0.6) is 0 Å². The second kappa shape index (κ2) is 6.55. The average molecular weight is 277 g/mol. The van der Waals surface area contributed by atoms with Crippen molar-refractivity contribution in [3.05, 3.63) is 23.0 Å². The molecule has 112 valence electrons. The first-order valence-corrected chi connectivity index (χ1v) is 7.52. The van der Waals surface area contributed by atoms with Gasteiger partial charge in [0.1, 0.15) is 0 Å². The molecule has 1 aliphatic rings. The number of aromatic nitrogens is 1. The summed E-state index contributed by atoms with van der Waals surface area (Å²) in [7, 11) is 4.24. The SMILES string of the molecule is Cc1cc(C(=O)CN(C)CC2CCN(C)CC2)c(C)[nH]1. The zero-order chi connectivity index (χ0) is 14.7. The predicted octanol–water partition coefficient (Wildman–Crippen LogP) is 2.09. The third-order valence-electron chi connectivity index (χ3n) is 4.27. The van der Waals surface area contributed by atoms with Crippen LogP contribution in [0.2, 0.25) is 0 Å². The molecule has 0 spiro atoms. The number of hydrogen-bond acceptors (Lipinski definition) is 3. The molecule has 1 fully saturated rings. The van der Waals surface area contributed by atoms with Crippen LogP contribution in [0.4, 0.5) is 0 Å². The van der Waals surface area contributed by atoms with Crippen molar-refractivity contribution in [1.29, 1.82) is 0 Å². The van der Waals surface area contributed by atoms with Crippen molar-refractivity contribution in [3.63, 3.8) is 0 Å². The Hall–Kier alpha value is -1.13. The number of aromatic amines is 1. The highest BCUT2D eigenvalue weighted by Gasteiger charge is 2.20. The van der Waals surface area contributed by atoms with Gasteiger partial charge in [-0.1, -0.05) is 0 Å². The molecular formula is C16H27N3O. The minimum Gasteiger partial charge on any atom is -0.362 e. The fourth-order valence-corrected chi connectivity index (χ4v) is 3.09. The highest BCUT2D eigenvalue weighted by atomic mass is 16.1. The largest absolute Gasteiger partial charge is 0.362 e. The van der Waals surface area contributed by atoms with Crippen molar-refractivity contribution in [2.75, 3.05) is 40.3 Å². The zero-order valence-electron chi connectivity index (χ0n) is 13.2. The molecule has 1 aromatic rings. The van der Waals surface area contributed by atoms with Crippen LogP contribution in [0.25, 0.3) is 0 Å². The van der Waals surface area contributed by atoms with Crippen molar-refractivity contribution in [2.24, 2.45) is 5.92 Å². The molecule has 0 saturated carbocycles. The topological polar surface area (TPSA) is 39.3 Å². The molecule has 0 aromatic carbocycles. The number of nitrogens with zero attached hydrogens (tertiary/aromatic N) is 2. The number of ketones is 1. The van der Waals surface area contributed by atoms with E-state index in [2.05, 4.69) is 28.9 Å². The first kappa shape index (κ1) is 15.3. The van der Waals surface area contributed by atoms with Gasteiger partial charge < -0.3 is 9.88 Å². The monoisotopic (exact) mass is 277 g/mol. The molecule has 0 atom stereocenters. The fourth-order valence-electron chi connectivity index (χ4n) is 3.09. The summed E-state index contributed by atoms with van der Waals surface area (Å²) >= 11 is 0. The zero-order valence-corrected chi connectivity index (χ0v) is 13.2. The Balaban J connectivity index is 1.83. The van der Waals surface area contributed by atoms with E-state index in [9.17, 15) is 4.79 Å². The van der Waals surface area contributed by atoms with E-state index in [-0.39, 0.29) is 5.78 Å². The Morgan fingerprint density at radius 1 is 1.40 bits per heavy atom. The van der Waals surface area contributed by atoms with E-state index in [0.717, 1.165) is 29.4 Å². The maximum absolute atomic E-state index is 12.3. The van der Waals surface area contributed by atoms with Gasteiger partial charge >= 0.3 is 0 Å². The molecule has 1 aromatic heterocycles. The van der Waals surface area contributed by atoms with Crippen molar-refractivity contribution in [2.45, 2.75) is 26.7 Å². The lowest BCUT2D eigenvalue weighted by Crippen LogP contribution is -2.37. The van der Waals surface area contributed by atoms with Crippen LogP contribution in [0.15, 0.2) is 6.07 Å². The van der Waals surface area contributed by atoms with Crippen LogP contribution < -0.4 is 0 Å². The average Bonchev–Trinajstić information content (AvgIpc) is 2.71. The molecule has 4 nitrogen and oxygen atoms in total. The van der Waals surface area contributed by atoms with Gasteiger partial charge in [0.25, 0.3) is 0 Å². The van der Waals surface area contributed by atoms with Crippen LogP contribution >= 0.6 is 0 Å². The molecule has 2 rings (SSSR count). The Kier molecular flexibility index (Phi) is 5.00. The summed E-state index contributed by atoms with van der Waals surface area (Å²) in [5.41, 5.74) is 2.89. The Bertz CT molecular complexity index is 458. The second-order valence-electron chi connectivity index (χ2n) is 6.36. The van der Waals surface area contributed by atoms with Gasteiger partial charge in [-0.15, -0.1) is 0 Å². The fraction of sp³-hybridized carbons (Fsp3) is 0.688. The Morgan fingerprint density at radius 3 is 2.60 bits per heavy atom. The van der Waals surface area contributed by atoms with E-state index < -0.39 is 0 Å². The summed E-state index contributed by atoms with van der Waals surface area (Å²) in [4.78, 5) is 20.1. The van der Waals surface area contributed by atoms with Crippen molar-refractivity contribution in [1.82, 2.24) is 14.8 Å². The number of carbonyl (C=O) groups is 1. The van der Waals surface area contributed by atoms with E-state index in [0.29, 0.717) is 6.54 Å². The van der Waals surface area contributed by atoms with Gasteiger partial charge in [0, 0.05) is 23.5 Å². The quantitative estimate of drug-likeness (QED) is 0.838. The van der Waals surface area contributed by atoms with Crippen LogP contribution in [0, 0.1) is 19.8 Å². The molecule has 1 saturated heterocycles. The van der Waals surface area contributed by atoms with Crippen LogP contribution in [0.1, 0.15) is 34.6 Å². The number of H-pyrrole nitrogens is 1. The van der Waals surface area contributed by atoms with Gasteiger partial charge in [-0.25, -0.2) is 0 Å². The van der Waals surface area contributed by atoms with Gasteiger partial charge in [-0.05, 0) is 65.9 Å². The number of aryl methyl sites for hydroxylation is 2. The van der Waals surface area contributed by atoms with Gasteiger partial charge in [-0.3, -0.25) is 9.69 Å². The lowest BCUT2D eigenvalue weighted by molar-refractivity contribution is 0.0924. The molecule has 0 amide bonds. The highest BCUT2D eigenvalue weighted by molar-refractivity contribution is 5.98. The number of rotatable bonds is 5. The Morgan fingerprint density at radius 2 is 2.05 bits per heavy atom. The number of piperidine rings is 1. The highest BCUT2D eigenvalue weighted by Crippen LogP contribution is 2.17. The lowest BCUT2D eigenvalue weighted by Gasteiger charge is -2.31. The van der Waals surface area contributed by atoms with Crippen LogP contribution in [-0.2, 0) is 0 Å². The van der Waals surface area contributed by atoms with Gasteiger partial charge in [0.05, 0.1) is 6.54 Å². The molecule has 0 radical (unpaired) electrons. The lowest BCUT2D eigenvalue weighted by atomic mass is 9.96. The van der Waals surface area contributed by atoms with E-state index in [1.54, 1.807) is 0 Å². The molecule has 2 heterocycles. The summed E-state index contributed by atoms with van der Waals surface area (Å²) in [6, 6.07) is 1.96. The number of carbonyl (C=O) groups excluding carboxylic acids is 1. The number of Topliss-reactive ketones (excluding diaryl/α,β-unsaturated/α-hetero) is 1. The molecular weight excluding hydrogens is 250 g/mol. The third-order valence-corrected chi connectivity index (χ3v) is 4.27. The summed E-state index contributed by atoms with van der Waals surface area (Å²) < 4.78 is 0. The van der Waals surface area contributed by atoms with Crippen molar-refractivity contribution >= 4 is 5.78 Å². The summed E-state index contributed by atoms with van der Waals surface area (Å²) in [5, 5.41) is 0. The molecule has 4 heteroatoms. The van der Waals surface area contributed by atoms with E-state index >= 15 is 0 Å². The minimum absolute atomic E-state index is 0.224.